The molecule has 1 unspecified atom stereocenters. The Hall–Kier alpha value is -1.30. The highest BCUT2D eigenvalue weighted by atomic mass is 19.4. The van der Waals surface area contributed by atoms with Gasteiger partial charge in [-0.15, -0.1) is 0 Å². The Labute approximate surface area is 104 Å². The molecule has 0 spiro atoms. The van der Waals surface area contributed by atoms with Crippen molar-refractivity contribution in [1.82, 2.24) is 4.98 Å². The molecule has 0 aliphatic heterocycles. The third kappa shape index (κ3) is 3.60. The van der Waals surface area contributed by atoms with Crippen molar-refractivity contribution in [3.63, 3.8) is 0 Å². The highest BCUT2D eigenvalue weighted by molar-refractivity contribution is 5.29. The van der Waals surface area contributed by atoms with E-state index in [1.54, 1.807) is 6.92 Å². The number of nitrogens with zero attached hydrogens (tertiary/aromatic N) is 1. The molecule has 18 heavy (non-hydrogen) atoms. The summed E-state index contributed by atoms with van der Waals surface area (Å²) >= 11 is 0. The minimum atomic E-state index is -4.48. The van der Waals surface area contributed by atoms with Crippen molar-refractivity contribution in [3.05, 3.63) is 23.4 Å². The van der Waals surface area contributed by atoms with Crippen LogP contribution < -0.4 is 10.5 Å². The Bertz CT molecular complexity index is 405. The van der Waals surface area contributed by atoms with E-state index in [9.17, 15) is 13.2 Å². The van der Waals surface area contributed by atoms with Crippen molar-refractivity contribution in [2.45, 2.75) is 39.6 Å². The first-order chi connectivity index (χ1) is 8.25. The monoisotopic (exact) mass is 262 g/mol. The molecule has 2 N–H and O–H groups in total. The summed E-state index contributed by atoms with van der Waals surface area (Å²) < 4.78 is 43.1. The Kier molecular flexibility index (Phi) is 4.56. The molecular formula is C12H17F3N2O. The largest absolute Gasteiger partial charge is 0.474 e. The van der Waals surface area contributed by atoms with Crippen LogP contribution in [-0.2, 0) is 12.7 Å². The maximum Gasteiger partial charge on any atom is 0.433 e. The fourth-order valence-corrected chi connectivity index (χ4v) is 1.20. The van der Waals surface area contributed by atoms with Crippen LogP contribution in [0.2, 0.25) is 0 Å². The van der Waals surface area contributed by atoms with Crippen LogP contribution in [0.1, 0.15) is 32.0 Å². The van der Waals surface area contributed by atoms with Crippen molar-refractivity contribution in [3.8, 4) is 5.88 Å². The highest BCUT2D eigenvalue weighted by Gasteiger charge is 2.33. The number of alkyl halides is 3. The van der Waals surface area contributed by atoms with Crippen molar-refractivity contribution in [2.24, 2.45) is 11.7 Å². The quantitative estimate of drug-likeness (QED) is 0.907. The molecule has 6 heteroatoms. The van der Waals surface area contributed by atoms with E-state index >= 15 is 0 Å². The highest BCUT2D eigenvalue weighted by Crippen LogP contribution is 2.30. The Morgan fingerprint density at radius 1 is 1.28 bits per heavy atom. The minimum absolute atomic E-state index is 0.0338. The fourth-order valence-electron chi connectivity index (χ4n) is 1.20. The van der Waals surface area contributed by atoms with Gasteiger partial charge in [-0.05, 0) is 18.9 Å². The molecule has 3 nitrogen and oxygen atoms in total. The molecule has 0 saturated heterocycles. The molecule has 1 rings (SSSR count). The second-order valence-electron chi connectivity index (χ2n) is 4.43. The number of ether oxygens (including phenoxy) is 1. The van der Waals surface area contributed by atoms with Gasteiger partial charge in [0.2, 0.25) is 5.88 Å². The summed E-state index contributed by atoms with van der Waals surface area (Å²) in [5.41, 5.74) is 4.96. The third-order valence-corrected chi connectivity index (χ3v) is 2.69. The van der Waals surface area contributed by atoms with Gasteiger partial charge in [0.15, 0.2) is 0 Å². The van der Waals surface area contributed by atoms with Crippen molar-refractivity contribution in [2.75, 3.05) is 0 Å². The number of hydrogen-bond donors (Lipinski definition) is 1. The Balaban J connectivity index is 3.07. The van der Waals surface area contributed by atoms with E-state index < -0.39 is 11.9 Å². The zero-order valence-electron chi connectivity index (χ0n) is 10.6. The maximum absolute atomic E-state index is 12.6. The molecule has 1 aromatic heterocycles. The zero-order chi connectivity index (χ0) is 13.9. The van der Waals surface area contributed by atoms with E-state index in [-0.39, 0.29) is 24.4 Å². The Morgan fingerprint density at radius 3 is 2.33 bits per heavy atom. The SMILES string of the molecule is CC(C)C(C)Oc1nc(C(F)(F)F)ccc1CN. The Morgan fingerprint density at radius 2 is 1.89 bits per heavy atom. The summed E-state index contributed by atoms with van der Waals surface area (Å²) in [5.74, 6) is 0.139. The van der Waals surface area contributed by atoms with Gasteiger partial charge < -0.3 is 10.5 Å². The lowest BCUT2D eigenvalue weighted by atomic mass is 10.1. The molecule has 0 aliphatic rings. The van der Waals surface area contributed by atoms with Crippen LogP contribution in [0.15, 0.2) is 12.1 Å². The summed E-state index contributed by atoms with van der Waals surface area (Å²) in [6, 6.07) is 2.22. The topological polar surface area (TPSA) is 48.1 Å². The van der Waals surface area contributed by atoms with Crippen LogP contribution in [0.25, 0.3) is 0 Å². The normalized spacial score (nSPS) is 13.8. The van der Waals surface area contributed by atoms with Gasteiger partial charge in [0.05, 0.1) is 6.10 Å². The van der Waals surface area contributed by atoms with Gasteiger partial charge in [0.1, 0.15) is 5.69 Å². The predicted octanol–water partition coefficient (Wildman–Crippen LogP) is 2.98. The number of halogens is 3. The van der Waals surface area contributed by atoms with E-state index in [2.05, 4.69) is 4.98 Å². The third-order valence-electron chi connectivity index (χ3n) is 2.69. The van der Waals surface area contributed by atoms with Crippen LogP contribution in [-0.4, -0.2) is 11.1 Å². The van der Waals surface area contributed by atoms with Crippen LogP contribution in [0.4, 0.5) is 13.2 Å². The van der Waals surface area contributed by atoms with Crippen LogP contribution in [0.3, 0.4) is 0 Å². The average Bonchev–Trinajstić information content (AvgIpc) is 2.27. The van der Waals surface area contributed by atoms with E-state index in [4.69, 9.17) is 10.5 Å². The summed E-state index contributed by atoms with van der Waals surface area (Å²) in [7, 11) is 0. The smallest absolute Gasteiger partial charge is 0.433 e. The summed E-state index contributed by atoms with van der Waals surface area (Å²) in [6.45, 7) is 5.71. The molecule has 0 saturated carbocycles. The second-order valence-corrected chi connectivity index (χ2v) is 4.43. The summed E-state index contributed by atoms with van der Waals surface area (Å²) in [6.07, 6.45) is -4.71. The minimum Gasteiger partial charge on any atom is -0.474 e. The van der Waals surface area contributed by atoms with Crippen LogP contribution in [0, 0.1) is 5.92 Å². The van der Waals surface area contributed by atoms with E-state index in [0.29, 0.717) is 5.56 Å². The molecule has 0 amide bonds. The summed E-state index contributed by atoms with van der Waals surface area (Å²) in [4.78, 5) is 3.51. The second kappa shape index (κ2) is 5.56. The van der Waals surface area contributed by atoms with E-state index in [1.165, 1.54) is 6.07 Å². The van der Waals surface area contributed by atoms with Gasteiger partial charge in [-0.3, -0.25) is 0 Å². The van der Waals surface area contributed by atoms with Gasteiger partial charge >= 0.3 is 6.18 Å². The summed E-state index contributed by atoms with van der Waals surface area (Å²) in [5, 5.41) is 0. The lowest BCUT2D eigenvalue weighted by molar-refractivity contribution is -0.141. The molecule has 102 valence electrons. The zero-order valence-corrected chi connectivity index (χ0v) is 10.6. The van der Waals surface area contributed by atoms with Gasteiger partial charge in [-0.2, -0.15) is 13.2 Å². The molecule has 0 fully saturated rings. The lowest BCUT2D eigenvalue weighted by Gasteiger charge is -2.20. The lowest BCUT2D eigenvalue weighted by Crippen LogP contribution is -2.21. The first-order valence-corrected chi connectivity index (χ1v) is 5.69. The molecular weight excluding hydrogens is 245 g/mol. The van der Waals surface area contributed by atoms with Crippen molar-refractivity contribution >= 4 is 0 Å². The molecule has 0 bridgehead atoms. The first kappa shape index (κ1) is 14.8. The standard InChI is InChI=1S/C12H17F3N2O/c1-7(2)8(3)18-11-9(6-16)4-5-10(17-11)12(13,14)15/h4-5,7-8H,6,16H2,1-3H3. The number of rotatable bonds is 4. The average molecular weight is 262 g/mol. The molecule has 0 aliphatic carbocycles. The van der Waals surface area contributed by atoms with Crippen LogP contribution >= 0.6 is 0 Å². The van der Waals surface area contributed by atoms with Crippen molar-refractivity contribution < 1.29 is 17.9 Å². The van der Waals surface area contributed by atoms with Gasteiger partial charge in [0.25, 0.3) is 0 Å². The molecule has 0 radical (unpaired) electrons. The van der Waals surface area contributed by atoms with Gasteiger partial charge in [-0.25, -0.2) is 4.98 Å². The number of aromatic nitrogens is 1. The maximum atomic E-state index is 12.6. The molecule has 1 heterocycles. The van der Waals surface area contributed by atoms with Crippen LogP contribution in [0.5, 0.6) is 5.88 Å². The fraction of sp³-hybridized carbons (Fsp3) is 0.583. The molecule has 1 atom stereocenters. The first-order valence-electron chi connectivity index (χ1n) is 5.69. The number of pyridine rings is 1. The number of nitrogens with two attached hydrogens (primary N) is 1. The molecule has 1 aromatic rings. The predicted molar refractivity (Wildman–Crippen MR) is 62.1 cm³/mol. The van der Waals surface area contributed by atoms with Crippen molar-refractivity contribution in [1.29, 1.82) is 0 Å². The van der Waals surface area contributed by atoms with Gasteiger partial charge in [-0.1, -0.05) is 19.9 Å². The number of hydrogen-bond acceptors (Lipinski definition) is 3. The molecule has 0 aromatic carbocycles. The van der Waals surface area contributed by atoms with Gasteiger partial charge in [0, 0.05) is 12.1 Å². The van der Waals surface area contributed by atoms with E-state index in [1.807, 2.05) is 13.8 Å². The van der Waals surface area contributed by atoms with E-state index in [0.717, 1.165) is 6.07 Å².